The molecule has 30 heavy (non-hydrogen) atoms. The third-order valence-electron chi connectivity index (χ3n) is 5.47. The van der Waals surface area contributed by atoms with Gasteiger partial charge in [0, 0.05) is 5.70 Å². The zero-order chi connectivity index (χ0) is 21.6. The van der Waals surface area contributed by atoms with Crippen LogP contribution in [0.3, 0.4) is 0 Å². The Morgan fingerprint density at radius 3 is 2.50 bits per heavy atom. The van der Waals surface area contributed by atoms with Crippen molar-refractivity contribution in [3.8, 4) is 11.5 Å². The van der Waals surface area contributed by atoms with E-state index < -0.39 is 17.9 Å². The molecule has 0 aromatic heterocycles. The molecule has 2 heterocycles. The largest absolute Gasteiger partial charge is 0.456 e. The van der Waals surface area contributed by atoms with Crippen LogP contribution in [0.1, 0.15) is 59.9 Å². The Morgan fingerprint density at radius 2 is 1.80 bits per heavy atom. The van der Waals surface area contributed by atoms with Crippen molar-refractivity contribution >= 4 is 17.7 Å². The number of nitrogens with one attached hydrogen (secondary N) is 1. The molecule has 154 valence electrons. The predicted molar refractivity (Wildman–Crippen MR) is 112 cm³/mol. The highest BCUT2D eigenvalue weighted by Gasteiger charge is 2.45. The predicted octanol–water partition coefficient (Wildman–Crippen LogP) is 4.16. The molecule has 1 saturated heterocycles. The maximum atomic E-state index is 13.2. The van der Waals surface area contributed by atoms with Gasteiger partial charge in [0.25, 0.3) is 11.8 Å². The lowest BCUT2D eigenvalue weighted by atomic mass is 9.87. The summed E-state index contributed by atoms with van der Waals surface area (Å²) in [5, 5.41) is 2.64. The highest BCUT2D eigenvalue weighted by molar-refractivity contribution is 6.24. The van der Waals surface area contributed by atoms with Crippen molar-refractivity contribution in [2.24, 2.45) is 0 Å². The van der Waals surface area contributed by atoms with Crippen molar-refractivity contribution in [1.29, 1.82) is 0 Å². The number of amides is 3. The second kappa shape index (κ2) is 7.13. The summed E-state index contributed by atoms with van der Waals surface area (Å²) in [5.74, 6) is -0.482. The first-order valence-corrected chi connectivity index (χ1v) is 9.95. The number of piperidine rings is 1. The quantitative estimate of drug-likeness (QED) is 0.780. The molecule has 2 aromatic rings. The molecule has 4 rings (SSSR count). The van der Waals surface area contributed by atoms with Crippen molar-refractivity contribution < 1.29 is 19.1 Å². The zero-order valence-corrected chi connectivity index (χ0v) is 17.3. The van der Waals surface area contributed by atoms with Gasteiger partial charge in [-0.2, -0.15) is 0 Å². The molecule has 0 spiro atoms. The minimum Gasteiger partial charge on any atom is -0.456 e. The van der Waals surface area contributed by atoms with Crippen LogP contribution in [0.2, 0.25) is 0 Å². The van der Waals surface area contributed by atoms with Gasteiger partial charge < -0.3 is 10.1 Å². The normalized spacial score (nSPS) is 19.0. The van der Waals surface area contributed by atoms with Crippen LogP contribution < -0.4 is 10.1 Å². The molecule has 1 unspecified atom stereocenters. The van der Waals surface area contributed by atoms with Gasteiger partial charge in [-0.15, -0.1) is 0 Å². The SMILES string of the molecule is C=C1CCC(N2C(=O)c3cccc(Oc4cccc(C(C)(C)C)c4)c3C2=O)C(=O)N1. The third-order valence-corrected chi connectivity index (χ3v) is 5.47. The lowest BCUT2D eigenvalue weighted by Crippen LogP contribution is -2.51. The van der Waals surface area contributed by atoms with Crippen LogP contribution in [0.15, 0.2) is 54.7 Å². The van der Waals surface area contributed by atoms with E-state index in [1.54, 1.807) is 18.2 Å². The molecule has 1 N–H and O–H groups in total. The summed E-state index contributed by atoms with van der Waals surface area (Å²) in [5.41, 5.74) is 2.08. The van der Waals surface area contributed by atoms with E-state index in [1.165, 1.54) is 0 Å². The maximum absolute atomic E-state index is 13.2. The molecule has 0 bridgehead atoms. The van der Waals surface area contributed by atoms with Crippen molar-refractivity contribution in [3.63, 3.8) is 0 Å². The summed E-state index contributed by atoms with van der Waals surface area (Å²) in [6, 6.07) is 11.8. The highest BCUT2D eigenvalue weighted by atomic mass is 16.5. The molecule has 2 aromatic carbocycles. The monoisotopic (exact) mass is 404 g/mol. The molecule has 2 aliphatic heterocycles. The number of fused-ring (bicyclic) bond motifs is 1. The Balaban J connectivity index is 1.67. The van der Waals surface area contributed by atoms with E-state index in [0.717, 1.165) is 10.5 Å². The van der Waals surface area contributed by atoms with Crippen LogP contribution in [0.5, 0.6) is 11.5 Å². The van der Waals surface area contributed by atoms with Gasteiger partial charge in [-0.05, 0) is 48.1 Å². The van der Waals surface area contributed by atoms with Gasteiger partial charge in [0.05, 0.1) is 11.1 Å². The molecule has 0 radical (unpaired) electrons. The van der Waals surface area contributed by atoms with Gasteiger partial charge in [-0.3, -0.25) is 19.3 Å². The summed E-state index contributed by atoms with van der Waals surface area (Å²) < 4.78 is 6.04. The first-order valence-electron chi connectivity index (χ1n) is 9.95. The van der Waals surface area contributed by atoms with Crippen LogP contribution in [0.25, 0.3) is 0 Å². The van der Waals surface area contributed by atoms with Gasteiger partial charge in [0.15, 0.2) is 0 Å². The number of allylic oxidation sites excluding steroid dienone is 1. The van der Waals surface area contributed by atoms with Gasteiger partial charge >= 0.3 is 0 Å². The number of carbonyl (C=O) groups is 3. The number of ether oxygens (including phenoxy) is 1. The molecular weight excluding hydrogens is 380 g/mol. The molecule has 6 nitrogen and oxygen atoms in total. The van der Waals surface area contributed by atoms with E-state index in [0.29, 0.717) is 30.0 Å². The van der Waals surface area contributed by atoms with Crippen LogP contribution in [0.4, 0.5) is 0 Å². The fourth-order valence-corrected chi connectivity index (χ4v) is 3.80. The summed E-state index contributed by atoms with van der Waals surface area (Å²) in [6.07, 6.45) is 0.882. The average molecular weight is 404 g/mol. The standard InChI is InChI=1S/C24H24N2O4/c1-14-11-12-18(21(27)25-14)26-22(28)17-9-6-10-19(20(17)23(26)29)30-16-8-5-7-15(13-16)24(2,3)4/h5-10,13,18H,1,11-12H2,2-4H3,(H,25,27). The zero-order valence-electron chi connectivity index (χ0n) is 17.3. The smallest absolute Gasteiger partial charge is 0.266 e. The van der Waals surface area contributed by atoms with Gasteiger partial charge in [-0.1, -0.05) is 45.5 Å². The topological polar surface area (TPSA) is 75.7 Å². The summed E-state index contributed by atoms with van der Waals surface area (Å²) in [7, 11) is 0. The van der Waals surface area contributed by atoms with E-state index in [9.17, 15) is 14.4 Å². The number of hydrogen-bond donors (Lipinski definition) is 1. The second-order valence-electron chi connectivity index (χ2n) is 8.69. The molecule has 2 aliphatic rings. The van der Waals surface area contributed by atoms with E-state index in [2.05, 4.69) is 32.7 Å². The number of carbonyl (C=O) groups excluding carboxylic acids is 3. The van der Waals surface area contributed by atoms with Crippen LogP contribution in [0, 0.1) is 0 Å². The maximum Gasteiger partial charge on any atom is 0.266 e. The minimum absolute atomic E-state index is 0.0566. The molecule has 0 saturated carbocycles. The van der Waals surface area contributed by atoms with Crippen LogP contribution in [-0.4, -0.2) is 28.7 Å². The number of benzene rings is 2. The van der Waals surface area contributed by atoms with E-state index >= 15 is 0 Å². The van der Waals surface area contributed by atoms with Crippen LogP contribution >= 0.6 is 0 Å². The van der Waals surface area contributed by atoms with Crippen molar-refractivity contribution in [1.82, 2.24) is 10.2 Å². The molecule has 1 atom stereocenters. The Bertz CT molecular complexity index is 1080. The van der Waals surface area contributed by atoms with E-state index in [1.807, 2.05) is 24.3 Å². The number of nitrogens with zero attached hydrogens (tertiary/aromatic N) is 1. The lowest BCUT2D eigenvalue weighted by molar-refractivity contribution is -0.125. The Kier molecular flexibility index (Phi) is 4.73. The van der Waals surface area contributed by atoms with Crippen molar-refractivity contribution in [3.05, 3.63) is 71.4 Å². The minimum atomic E-state index is -0.847. The number of hydrogen-bond acceptors (Lipinski definition) is 4. The van der Waals surface area contributed by atoms with Crippen LogP contribution in [-0.2, 0) is 10.2 Å². The first-order chi connectivity index (χ1) is 14.2. The molecule has 6 heteroatoms. The van der Waals surface area contributed by atoms with Gasteiger partial charge in [0.1, 0.15) is 17.5 Å². The van der Waals surface area contributed by atoms with Crippen molar-refractivity contribution in [2.45, 2.75) is 45.1 Å². The summed E-state index contributed by atoms with van der Waals surface area (Å²) in [6.45, 7) is 10.1. The molecule has 3 amide bonds. The fraction of sp³-hybridized carbons (Fsp3) is 0.292. The molecule has 1 fully saturated rings. The molecule has 0 aliphatic carbocycles. The Labute approximate surface area is 175 Å². The van der Waals surface area contributed by atoms with E-state index in [-0.39, 0.29) is 22.4 Å². The average Bonchev–Trinajstić information content (AvgIpc) is 2.93. The molecular formula is C24H24N2O4. The number of imide groups is 1. The Hall–Kier alpha value is -3.41. The summed E-state index contributed by atoms with van der Waals surface area (Å²) >= 11 is 0. The lowest BCUT2D eigenvalue weighted by Gasteiger charge is -2.29. The van der Waals surface area contributed by atoms with E-state index in [4.69, 9.17) is 4.74 Å². The summed E-state index contributed by atoms with van der Waals surface area (Å²) in [4.78, 5) is 39.6. The Morgan fingerprint density at radius 1 is 1.07 bits per heavy atom. The van der Waals surface area contributed by atoms with Crippen molar-refractivity contribution in [2.75, 3.05) is 0 Å². The van der Waals surface area contributed by atoms with Gasteiger partial charge in [0.2, 0.25) is 5.91 Å². The third kappa shape index (κ3) is 3.38. The first kappa shape index (κ1) is 19.9. The second-order valence-corrected chi connectivity index (χ2v) is 8.69. The number of rotatable bonds is 3. The fourth-order valence-electron chi connectivity index (χ4n) is 3.80. The highest BCUT2D eigenvalue weighted by Crippen LogP contribution is 2.36. The van der Waals surface area contributed by atoms with Gasteiger partial charge in [-0.25, -0.2) is 0 Å².